The molecular weight excluding hydrogens is 1490 g/mol. The molecule has 8 N–H and O–H groups in total. The topological polar surface area (TPSA) is 465 Å². The molecule has 6 aromatic carbocycles. The maximum Gasteiger partial charge on any atom is 3.00 e. The monoisotopic (exact) mass is 1570 g/mol. The van der Waals surface area contributed by atoms with Crippen LogP contribution in [0.2, 0.25) is 0 Å². The van der Waals surface area contributed by atoms with Gasteiger partial charge in [0, 0.05) is 61.0 Å². The minimum Gasteiger partial charge on any atom is -0.853 e. The van der Waals surface area contributed by atoms with Crippen molar-refractivity contribution < 1.29 is 167 Å². The first-order valence-corrected chi connectivity index (χ1v) is 26.9. The standard InChI is InChI=1S/2C17H25N2O5.4C7H6O2.2C2H3N.2Dy/c2*1-12-4-13(6-18-16(2,8-20)9-21)15(24)14(5-12)7-19-17(3,10-22)11-23;4*8-7(9)6-4-2-1-3-5-6;2*1-2-3;;/h2*4-7,20-22,24H,8-11H2,1-3H3;4*1-5H,(H,8,9);2*1H3;;/q2*-1;;;;;;;2*+3/p-4/t2*17-;;;;;;;;/m10......../s1. The fourth-order valence-electron chi connectivity index (χ4n) is 5.77. The van der Waals surface area contributed by atoms with Crippen LogP contribution in [0.15, 0.2) is 166 Å². The molecule has 0 bridgehead atoms. The number of aliphatic imine (C=N–C) groups is 4. The quantitative estimate of drug-likeness (QED) is 0.0468. The molecule has 0 heterocycles. The van der Waals surface area contributed by atoms with Gasteiger partial charge in [0.2, 0.25) is 0 Å². The number of carbonyl (C=O) groups excluding carboxylic acids is 4. The number of benzene rings is 6. The molecule has 0 amide bonds. The zero-order valence-electron chi connectivity index (χ0n) is 51.8. The van der Waals surface area contributed by atoms with Crippen molar-refractivity contribution in [3.8, 4) is 23.6 Å². The molecule has 0 spiro atoms. The normalized spacial score (nSPS) is 11.6. The summed E-state index contributed by atoms with van der Waals surface area (Å²) in [5, 5.41) is 153. The average Bonchev–Trinajstić information content (AvgIpc) is 0.889. The summed E-state index contributed by atoms with van der Waals surface area (Å²) in [6.07, 6.45) is 5.46. The van der Waals surface area contributed by atoms with Crippen LogP contribution in [0.25, 0.3) is 0 Å². The second-order valence-electron chi connectivity index (χ2n) is 19.9. The van der Waals surface area contributed by atoms with Crippen molar-refractivity contribution in [3.63, 3.8) is 0 Å². The van der Waals surface area contributed by atoms with Crippen LogP contribution in [0.1, 0.15) is 116 Å². The Morgan fingerprint density at radius 1 is 0.402 bits per heavy atom. The van der Waals surface area contributed by atoms with Crippen LogP contribution in [-0.2, 0) is 0 Å². The van der Waals surface area contributed by atoms with E-state index in [0.717, 1.165) is 11.1 Å². The number of carboxylic acid groups (broad SMARTS) is 4. The van der Waals surface area contributed by atoms with Crippen LogP contribution in [0, 0.1) is 113 Å². The molecule has 498 valence electrons. The number of aliphatic hydroxyl groups is 6. The molecule has 92 heavy (non-hydrogen) atoms. The van der Waals surface area contributed by atoms with Gasteiger partial charge in [-0.25, -0.2) is 0 Å². The summed E-state index contributed by atoms with van der Waals surface area (Å²) in [5.41, 5.74) is -0.242. The summed E-state index contributed by atoms with van der Waals surface area (Å²) >= 11 is 0. The van der Waals surface area contributed by atoms with Crippen LogP contribution >= 0.6 is 0 Å². The number of nitriles is 2. The Bertz CT molecular complexity index is 2860. The number of nitrogens with zero attached hydrogens (tertiary/aromatic N) is 6. The molecule has 0 fully saturated rings. The molecule has 6 rings (SSSR count). The Morgan fingerprint density at radius 2 is 0.565 bits per heavy atom. The van der Waals surface area contributed by atoms with E-state index in [2.05, 4.69) is 20.0 Å². The molecule has 0 aliphatic rings. The molecule has 0 aromatic heterocycles. The number of hydrogen-bond donors (Lipinski definition) is 8. The van der Waals surface area contributed by atoms with Gasteiger partial charge in [0.25, 0.3) is 0 Å². The van der Waals surface area contributed by atoms with E-state index in [1.54, 1.807) is 123 Å². The number of phenols is 2. The van der Waals surface area contributed by atoms with E-state index in [1.165, 1.54) is 101 Å². The first-order valence-electron chi connectivity index (χ1n) is 26.9. The van der Waals surface area contributed by atoms with Gasteiger partial charge in [0.15, 0.2) is 0 Å². The van der Waals surface area contributed by atoms with E-state index in [1.807, 2.05) is 13.8 Å². The molecule has 0 aliphatic heterocycles. The number of phenolic OH excluding ortho intramolecular Hbond substituents is 2. The van der Waals surface area contributed by atoms with Crippen molar-refractivity contribution in [1.29, 1.82) is 10.5 Å². The predicted molar refractivity (Wildman–Crippen MR) is 328 cm³/mol. The number of aromatic carboxylic acids is 4. The Kier molecular flexibility index (Phi) is 49.8. The zero-order valence-corrected chi connectivity index (χ0v) is 55.9. The fourth-order valence-corrected chi connectivity index (χ4v) is 5.77. The molecule has 0 saturated carbocycles. The third kappa shape index (κ3) is 37.9. The van der Waals surface area contributed by atoms with Gasteiger partial charge in [-0.15, -0.1) is 13.2 Å². The Hall–Kier alpha value is -7.31. The summed E-state index contributed by atoms with van der Waals surface area (Å²) in [6, 6.07) is 42.5. The van der Waals surface area contributed by atoms with Crippen molar-refractivity contribution in [3.05, 3.63) is 201 Å². The van der Waals surface area contributed by atoms with Crippen molar-refractivity contribution >= 4 is 48.7 Å². The second-order valence-corrected chi connectivity index (χ2v) is 19.9. The summed E-state index contributed by atoms with van der Waals surface area (Å²) < 4.78 is 0. The van der Waals surface area contributed by atoms with Gasteiger partial charge in [0.1, 0.15) is 22.6 Å². The minimum absolute atomic E-state index is 0. The van der Waals surface area contributed by atoms with E-state index in [4.69, 9.17) is 10.5 Å². The molecule has 26 heteroatoms. The third-order valence-corrected chi connectivity index (χ3v) is 11.4. The largest absolute Gasteiger partial charge is 3.00 e. The van der Waals surface area contributed by atoms with Crippen LogP contribution in [-0.4, -0.2) is 165 Å². The van der Waals surface area contributed by atoms with Crippen LogP contribution in [0.4, 0.5) is 0 Å². The van der Waals surface area contributed by atoms with Gasteiger partial charge in [-0.3, -0.25) is 20.0 Å². The molecule has 6 aromatic rings. The summed E-state index contributed by atoms with van der Waals surface area (Å²) in [6.45, 7) is 9.46. The van der Waals surface area contributed by atoms with Crippen LogP contribution in [0.3, 0.4) is 0 Å². The van der Waals surface area contributed by atoms with E-state index in [9.17, 15) is 90.7 Å². The van der Waals surface area contributed by atoms with Crippen molar-refractivity contribution in [2.24, 2.45) is 20.0 Å². The van der Waals surface area contributed by atoms with Crippen molar-refractivity contribution in [2.75, 3.05) is 52.9 Å². The molecule has 2 radical (unpaired) electrons. The summed E-state index contributed by atoms with van der Waals surface area (Å²) in [5.74, 6) is -4.69. The first-order chi connectivity index (χ1) is 42.5. The predicted octanol–water partition coefficient (Wildman–Crippen LogP) is 0.0462. The Morgan fingerprint density at radius 3 is 0.696 bits per heavy atom. The van der Waals surface area contributed by atoms with E-state index < -0.39 is 59.2 Å². The van der Waals surface area contributed by atoms with E-state index in [0.29, 0.717) is 22.3 Å². The van der Waals surface area contributed by atoms with E-state index >= 15 is 0 Å². The number of aromatic hydroxyl groups is 2. The molecule has 0 unspecified atom stereocenters. The number of aryl methyl sites for hydroxylation is 2. The van der Waals surface area contributed by atoms with Gasteiger partial charge >= 0.3 is 76.3 Å². The SMILES string of the molecule is CC#N.CC#N.Cc1cc(C=NC(C)(CO)CO)c(O)c(C=N[C@@](C)(C[O-])CO)c1.Cc1cc(C=NC(C)(CO)CO)c(O)c(C=N[C@](C)(C[O-])CO)c1.O=C([O-])c1ccccc1.O=C([O-])c1ccccc1.O=C([O-])c1ccccc1.O=C([O-])c1ccccc1.[Dy+3].[Dy+3]. The van der Waals surface area contributed by atoms with Gasteiger partial charge in [-0.05, 0) is 99.2 Å². The smallest absolute Gasteiger partial charge is 0.853 e. The summed E-state index contributed by atoms with van der Waals surface area (Å²) in [7, 11) is 0. The maximum atomic E-state index is 11.1. The van der Waals surface area contributed by atoms with Gasteiger partial charge < -0.3 is 90.7 Å². The Labute approximate surface area is 596 Å². The molecule has 2 atom stereocenters. The van der Waals surface area contributed by atoms with Gasteiger partial charge in [-0.2, -0.15) is 10.5 Å². The Balaban J connectivity index is -0.000000521. The maximum absolute atomic E-state index is 11.1. The first kappa shape index (κ1) is 91.1. The van der Waals surface area contributed by atoms with E-state index in [-0.39, 0.29) is 150 Å². The molecular formula is C66H76Dy2N6O18. The molecule has 24 nitrogen and oxygen atoms in total. The molecule has 0 saturated heterocycles. The third-order valence-electron chi connectivity index (χ3n) is 11.4. The number of aliphatic hydroxyl groups excluding tert-OH is 6. The summed E-state index contributed by atoms with van der Waals surface area (Å²) in [4.78, 5) is 56.8. The fraction of sp³-hybridized carbons (Fsp3) is 0.303. The van der Waals surface area contributed by atoms with Gasteiger partial charge in [-0.1, -0.05) is 121 Å². The number of hydrogen-bond acceptors (Lipinski definition) is 24. The number of carbonyl (C=O) groups is 4. The van der Waals surface area contributed by atoms with Crippen molar-refractivity contribution in [2.45, 2.75) is 77.5 Å². The molecule has 0 aliphatic carbocycles. The van der Waals surface area contributed by atoms with Crippen molar-refractivity contribution in [1.82, 2.24) is 0 Å². The second kappa shape index (κ2) is 50.3. The average molecular weight is 1570 g/mol. The number of carboxylic acids is 4. The van der Waals surface area contributed by atoms with Crippen LogP contribution < -0.4 is 30.6 Å². The van der Waals surface area contributed by atoms with Gasteiger partial charge in [0.05, 0.1) is 86.7 Å². The van der Waals surface area contributed by atoms with Crippen LogP contribution in [0.5, 0.6) is 11.5 Å². The number of rotatable bonds is 20. The minimum atomic E-state index is -1.14. The zero-order chi connectivity index (χ0) is 68.9.